The maximum atomic E-state index is 5.84. The topological polar surface area (TPSA) is 74.2 Å². The smallest absolute Gasteiger partial charge is 0.228 e. The van der Waals surface area contributed by atoms with E-state index >= 15 is 0 Å². The van der Waals surface area contributed by atoms with Crippen molar-refractivity contribution in [1.82, 2.24) is 10.1 Å². The molecule has 1 unspecified atom stereocenters. The quantitative estimate of drug-likeness (QED) is 0.814. The van der Waals surface area contributed by atoms with Crippen LogP contribution >= 0.6 is 0 Å². The molecule has 0 bridgehead atoms. The lowest BCUT2D eigenvalue weighted by Crippen LogP contribution is -2.28. The molecule has 19 heavy (non-hydrogen) atoms. The molecule has 1 aromatic carbocycles. The lowest BCUT2D eigenvalue weighted by molar-refractivity contribution is 0.176. The molecular weight excluding hydrogens is 242 g/mol. The van der Waals surface area contributed by atoms with E-state index in [1.54, 1.807) is 7.11 Å². The maximum absolute atomic E-state index is 5.84. The molecule has 1 aromatic heterocycles. The van der Waals surface area contributed by atoms with Crippen LogP contribution in [-0.4, -0.2) is 29.9 Å². The normalized spacial score (nSPS) is 12.5. The third kappa shape index (κ3) is 4.46. The van der Waals surface area contributed by atoms with Crippen LogP contribution < -0.4 is 5.73 Å². The minimum atomic E-state index is -0.104. The number of hydrogen-bond donors (Lipinski definition) is 1. The maximum Gasteiger partial charge on any atom is 0.228 e. The molecule has 2 N–H and O–H groups in total. The van der Waals surface area contributed by atoms with Gasteiger partial charge in [0.05, 0.1) is 6.61 Å². The fourth-order valence-electron chi connectivity index (χ4n) is 1.87. The van der Waals surface area contributed by atoms with Gasteiger partial charge in [-0.15, -0.1) is 0 Å². The third-order valence-corrected chi connectivity index (χ3v) is 2.81. The molecule has 0 saturated heterocycles. The van der Waals surface area contributed by atoms with Crippen LogP contribution in [0.5, 0.6) is 0 Å². The van der Waals surface area contributed by atoms with E-state index in [1.807, 2.05) is 18.2 Å². The summed E-state index contributed by atoms with van der Waals surface area (Å²) in [6.45, 7) is 0.488. The van der Waals surface area contributed by atoms with Crippen LogP contribution in [0.15, 0.2) is 34.9 Å². The van der Waals surface area contributed by atoms with Crippen molar-refractivity contribution in [2.75, 3.05) is 13.7 Å². The van der Waals surface area contributed by atoms with E-state index in [2.05, 4.69) is 22.3 Å². The molecule has 102 valence electrons. The Morgan fingerprint density at radius 2 is 2.05 bits per heavy atom. The summed E-state index contributed by atoms with van der Waals surface area (Å²) in [5, 5.41) is 3.96. The number of hydrogen-bond acceptors (Lipinski definition) is 5. The van der Waals surface area contributed by atoms with E-state index < -0.39 is 0 Å². The molecule has 2 aromatic rings. The molecule has 5 nitrogen and oxygen atoms in total. The Hall–Kier alpha value is -1.72. The fraction of sp³-hybridized carbons (Fsp3) is 0.429. The number of ether oxygens (including phenoxy) is 1. The Bertz CT molecular complexity index is 484. The van der Waals surface area contributed by atoms with Gasteiger partial charge in [0.1, 0.15) is 0 Å². The second kappa shape index (κ2) is 7.01. The van der Waals surface area contributed by atoms with E-state index in [4.69, 9.17) is 15.0 Å². The van der Waals surface area contributed by atoms with Crippen molar-refractivity contribution in [2.24, 2.45) is 5.73 Å². The number of methoxy groups -OCH3 is 1. The first-order valence-corrected chi connectivity index (χ1v) is 6.38. The summed E-state index contributed by atoms with van der Waals surface area (Å²) < 4.78 is 10.1. The molecule has 0 aliphatic heterocycles. The van der Waals surface area contributed by atoms with Gasteiger partial charge in [0.2, 0.25) is 5.89 Å². The zero-order chi connectivity index (χ0) is 13.5. The van der Waals surface area contributed by atoms with Gasteiger partial charge >= 0.3 is 0 Å². The van der Waals surface area contributed by atoms with E-state index in [0.717, 1.165) is 18.7 Å². The zero-order valence-electron chi connectivity index (χ0n) is 11.1. The summed E-state index contributed by atoms with van der Waals surface area (Å²) in [5.74, 6) is 1.30. The molecule has 0 fully saturated rings. The van der Waals surface area contributed by atoms with Crippen LogP contribution in [0.25, 0.3) is 0 Å². The second-order valence-electron chi connectivity index (χ2n) is 4.51. The summed E-state index contributed by atoms with van der Waals surface area (Å²) in [4.78, 5) is 4.33. The van der Waals surface area contributed by atoms with E-state index in [0.29, 0.717) is 18.9 Å². The highest BCUT2D eigenvalue weighted by atomic mass is 16.5. The first kappa shape index (κ1) is 13.7. The lowest BCUT2D eigenvalue weighted by atomic mass is 10.1. The summed E-state index contributed by atoms with van der Waals surface area (Å²) >= 11 is 0. The lowest BCUT2D eigenvalue weighted by Gasteiger charge is -2.05. The van der Waals surface area contributed by atoms with Crippen molar-refractivity contribution < 1.29 is 9.26 Å². The number of rotatable bonds is 7. The van der Waals surface area contributed by atoms with Gasteiger partial charge in [0.15, 0.2) is 5.82 Å². The minimum absolute atomic E-state index is 0.104. The number of aryl methyl sites for hydroxylation is 2. The highest BCUT2D eigenvalue weighted by molar-refractivity contribution is 5.15. The van der Waals surface area contributed by atoms with Gasteiger partial charge < -0.3 is 15.0 Å². The summed E-state index contributed by atoms with van der Waals surface area (Å²) in [6.07, 6.45) is 2.23. The van der Waals surface area contributed by atoms with E-state index in [9.17, 15) is 0 Å². The van der Waals surface area contributed by atoms with Gasteiger partial charge in [-0.25, -0.2) is 0 Å². The average Bonchev–Trinajstić information content (AvgIpc) is 2.85. The number of nitrogens with zero attached hydrogens (tertiary/aromatic N) is 2. The molecule has 1 heterocycles. The number of aromatic nitrogens is 2. The predicted octanol–water partition coefficient (Wildman–Crippen LogP) is 1.37. The van der Waals surface area contributed by atoms with Crippen LogP contribution in [-0.2, 0) is 24.0 Å². The number of benzene rings is 1. The van der Waals surface area contributed by atoms with Gasteiger partial charge in [-0.1, -0.05) is 35.5 Å². The van der Waals surface area contributed by atoms with Crippen molar-refractivity contribution in [3.05, 3.63) is 47.6 Å². The SMILES string of the molecule is COCC(N)Cc1nc(CCc2ccccc2)no1. The van der Waals surface area contributed by atoms with Crippen molar-refractivity contribution in [1.29, 1.82) is 0 Å². The zero-order valence-corrected chi connectivity index (χ0v) is 11.1. The fourth-order valence-corrected chi connectivity index (χ4v) is 1.87. The van der Waals surface area contributed by atoms with Crippen LogP contribution in [0, 0.1) is 0 Å². The molecule has 0 aliphatic rings. The van der Waals surface area contributed by atoms with Gasteiger partial charge in [0, 0.05) is 26.0 Å². The van der Waals surface area contributed by atoms with E-state index in [1.165, 1.54) is 5.56 Å². The first-order valence-electron chi connectivity index (χ1n) is 6.38. The van der Waals surface area contributed by atoms with Crippen LogP contribution in [0.2, 0.25) is 0 Å². The molecule has 0 radical (unpaired) electrons. The third-order valence-electron chi connectivity index (χ3n) is 2.81. The van der Waals surface area contributed by atoms with Gasteiger partial charge in [-0.2, -0.15) is 4.98 Å². The average molecular weight is 261 g/mol. The highest BCUT2D eigenvalue weighted by Gasteiger charge is 2.11. The largest absolute Gasteiger partial charge is 0.383 e. The highest BCUT2D eigenvalue weighted by Crippen LogP contribution is 2.06. The van der Waals surface area contributed by atoms with E-state index in [-0.39, 0.29) is 6.04 Å². The molecule has 0 spiro atoms. The van der Waals surface area contributed by atoms with Crippen molar-refractivity contribution >= 4 is 0 Å². The molecule has 1 atom stereocenters. The minimum Gasteiger partial charge on any atom is -0.383 e. The Morgan fingerprint density at radius 3 is 2.79 bits per heavy atom. The van der Waals surface area contributed by atoms with Gasteiger partial charge in [-0.05, 0) is 12.0 Å². The summed E-state index contributed by atoms with van der Waals surface area (Å²) in [7, 11) is 1.62. The Kier molecular flexibility index (Phi) is 5.06. The standard InChI is InChI=1S/C14H19N3O2/c1-18-10-12(15)9-14-16-13(17-19-14)8-7-11-5-3-2-4-6-11/h2-6,12H,7-10,15H2,1H3. The summed E-state index contributed by atoms with van der Waals surface area (Å²) in [6, 6.07) is 10.1. The van der Waals surface area contributed by atoms with Gasteiger partial charge in [0.25, 0.3) is 0 Å². The molecule has 0 aliphatic carbocycles. The van der Waals surface area contributed by atoms with Crippen LogP contribution in [0.3, 0.4) is 0 Å². The Morgan fingerprint density at radius 1 is 1.26 bits per heavy atom. The predicted molar refractivity (Wildman–Crippen MR) is 71.7 cm³/mol. The van der Waals surface area contributed by atoms with Crippen LogP contribution in [0.1, 0.15) is 17.3 Å². The monoisotopic (exact) mass is 261 g/mol. The van der Waals surface area contributed by atoms with Crippen molar-refractivity contribution in [2.45, 2.75) is 25.3 Å². The molecule has 5 heteroatoms. The number of nitrogens with two attached hydrogens (primary N) is 1. The molecule has 0 amide bonds. The Labute approximate surface area is 112 Å². The molecule has 0 saturated carbocycles. The van der Waals surface area contributed by atoms with Crippen molar-refractivity contribution in [3.63, 3.8) is 0 Å². The molecule has 2 rings (SSSR count). The first-order chi connectivity index (χ1) is 9.28. The molecular formula is C14H19N3O2. The summed E-state index contributed by atoms with van der Waals surface area (Å²) in [5.41, 5.74) is 7.11. The van der Waals surface area contributed by atoms with Crippen LogP contribution in [0.4, 0.5) is 0 Å². The Balaban J connectivity index is 1.84. The second-order valence-corrected chi connectivity index (χ2v) is 4.51. The van der Waals surface area contributed by atoms with Gasteiger partial charge in [-0.3, -0.25) is 0 Å². The van der Waals surface area contributed by atoms with Crippen molar-refractivity contribution in [3.8, 4) is 0 Å².